The summed E-state index contributed by atoms with van der Waals surface area (Å²) in [5.41, 5.74) is 1.60. The molecule has 0 aliphatic carbocycles. The van der Waals surface area contributed by atoms with Gasteiger partial charge in [-0.2, -0.15) is 0 Å². The third kappa shape index (κ3) is 6.01. The van der Waals surface area contributed by atoms with E-state index in [1.807, 2.05) is 44.4 Å². The Balaban J connectivity index is 0.00000324. The molecule has 1 atom stereocenters. The molecule has 0 saturated carbocycles. The Morgan fingerprint density at radius 1 is 1.32 bits per heavy atom. The first-order chi connectivity index (χ1) is 8.32. The number of likely N-dealkylation sites (N-methyl/N-ethyl adjacent to an activating group) is 1. The number of benzene rings is 1. The highest BCUT2D eigenvalue weighted by Gasteiger charge is 2.26. The summed E-state index contributed by atoms with van der Waals surface area (Å²) in [7, 11) is 4.00. The smallest absolute Gasteiger partial charge is 0.192 e. The van der Waals surface area contributed by atoms with Gasteiger partial charge in [0.2, 0.25) is 0 Å². The lowest BCUT2D eigenvalue weighted by molar-refractivity contribution is -0.905. The highest BCUT2D eigenvalue weighted by atomic mass is 35.5. The van der Waals surface area contributed by atoms with Crippen LogP contribution in [0.2, 0.25) is 0 Å². The fraction of sp³-hybridized carbons (Fsp3) is 0.400. The van der Waals surface area contributed by atoms with Gasteiger partial charge in [0, 0.05) is 5.56 Å². The fourth-order valence-corrected chi connectivity index (χ4v) is 1.98. The predicted molar refractivity (Wildman–Crippen MR) is 72.9 cm³/mol. The summed E-state index contributed by atoms with van der Waals surface area (Å²) < 4.78 is 0.560. The van der Waals surface area contributed by atoms with Gasteiger partial charge in [-0.25, -0.2) is 0 Å². The molecule has 1 unspecified atom stereocenters. The number of hydrogen-bond acceptors (Lipinski definition) is 2. The van der Waals surface area contributed by atoms with Gasteiger partial charge >= 0.3 is 0 Å². The third-order valence-corrected chi connectivity index (χ3v) is 2.84. The first-order valence-corrected chi connectivity index (χ1v) is 6.05. The van der Waals surface area contributed by atoms with E-state index in [0.717, 1.165) is 6.54 Å². The van der Waals surface area contributed by atoms with Gasteiger partial charge in [0.15, 0.2) is 11.9 Å². The third-order valence-electron chi connectivity index (χ3n) is 2.84. The molecule has 0 amide bonds. The number of ketones is 1. The monoisotopic (exact) mass is 283 g/mol. The van der Waals surface area contributed by atoms with Crippen LogP contribution in [0.4, 0.5) is 0 Å². The summed E-state index contributed by atoms with van der Waals surface area (Å²) in [6.07, 6.45) is -0.971. The lowest BCUT2D eigenvalue weighted by Crippen LogP contribution is -3.00. The molecule has 0 aliphatic rings. The molecule has 106 valence electrons. The quantitative estimate of drug-likeness (QED) is 0.525. The number of aliphatic hydroxyl groups is 1. The Hall–Kier alpha value is -1.16. The maximum absolute atomic E-state index is 11.6. The van der Waals surface area contributed by atoms with Crippen LogP contribution in [0.25, 0.3) is 0 Å². The SMILES string of the molecule is C=C(C)C(=O)C(O)C[N+](C)(C)Cc1ccccc1.[Cl-]. The van der Waals surface area contributed by atoms with Crippen LogP contribution < -0.4 is 12.4 Å². The van der Waals surface area contributed by atoms with E-state index in [9.17, 15) is 9.90 Å². The standard InChI is InChI=1S/C15H22NO2.ClH/c1-12(2)15(18)14(17)11-16(3,4)10-13-8-6-5-7-9-13;/h5-9,14,17H,1,10-11H2,2-4H3;1H/q+1;/p-1. The number of hydrogen-bond donors (Lipinski definition) is 1. The molecule has 0 radical (unpaired) electrons. The van der Waals surface area contributed by atoms with Crippen LogP contribution >= 0.6 is 0 Å². The molecule has 3 nitrogen and oxygen atoms in total. The number of carbonyl (C=O) groups excluding carboxylic acids is 1. The zero-order chi connectivity index (χ0) is 13.8. The molecule has 1 rings (SSSR count). The number of aliphatic hydroxyl groups excluding tert-OH is 1. The van der Waals surface area contributed by atoms with Crippen molar-refractivity contribution in [2.24, 2.45) is 0 Å². The fourth-order valence-electron chi connectivity index (χ4n) is 1.98. The Bertz CT molecular complexity index is 429. The predicted octanol–water partition coefficient (Wildman–Crippen LogP) is -1.23. The lowest BCUT2D eigenvalue weighted by atomic mass is 10.1. The molecule has 1 aromatic carbocycles. The number of Topliss-reactive ketones (excluding diaryl/α,β-unsaturated/α-hetero) is 1. The minimum absolute atomic E-state index is 0. The van der Waals surface area contributed by atoms with Crippen LogP contribution in [0.15, 0.2) is 42.5 Å². The Morgan fingerprint density at radius 2 is 1.84 bits per heavy atom. The van der Waals surface area contributed by atoms with E-state index in [1.54, 1.807) is 6.92 Å². The van der Waals surface area contributed by atoms with E-state index < -0.39 is 6.10 Å². The van der Waals surface area contributed by atoms with E-state index >= 15 is 0 Å². The molecular weight excluding hydrogens is 262 g/mol. The highest BCUT2D eigenvalue weighted by Crippen LogP contribution is 2.11. The molecule has 1 aromatic rings. The van der Waals surface area contributed by atoms with Crippen LogP contribution in [-0.4, -0.2) is 42.1 Å². The van der Waals surface area contributed by atoms with Crippen molar-refractivity contribution in [3.63, 3.8) is 0 Å². The average molecular weight is 284 g/mol. The second-order valence-electron chi connectivity index (χ2n) is 5.42. The van der Waals surface area contributed by atoms with Crippen molar-refractivity contribution in [2.45, 2.75) is 19.6 Å². The van der Waals surface area contributed by atoms with Gasteiger partial charge in [-0.15, -0.1) is 0 Å². The molecule has 0 heterocycles. The lowest BCUT2D eigenvalue weighted by Gasteiger charge is -2.31. The van der Waals surface area contributed by atoms with Crippen molar-refractivity contribution in [3.8, 4) is 0 Å². The number of quaternary nitrogens is 1. The first kappa shape index (κ1) is 17.8. The minimum atomic E-state index is -0.971. The Morgan fingerprint density at radius 3 is 2.32 bits per heavy atom. The average Bonchev–Trinajstić information content (AvgIpc) is 2.27. The minimum Gasteiger partial charge on any atom is -1.00 e. The summed E-state index contributed by atoms with van der Waals surface area (Å²) in [6, 6.07) is 10.1. The van der Waals surface area contributed by atoms with Crippen molar-refractivity contribution in [2.75, 3.05) is 20.6 Å². The van der Waals surface area contributed by atoms with Crippen LogP contribution in [-0.2, 0) is 11.3 Å². The van der Waals surface area contributed by atoms with Crippen molar-refractivity contribution in [1.29, 1.82) is 0 Å². The topological polar surface area (TPSA) is 37.3 Å². The summed E-state index contributed by atoms with van der Waals surface area (Å²) in [5, 5.41) is 9.88. The zero-order valence-corrected chi connectivity index (χ0v) is 12.5. The van der Waals surface area contributed by atoms with Gasteiger partial charge in [-0.1, -0.05) is 36.9 Å². The van der Waals surface area contributed by atoms with Gasteiger partial charge in [0.05, 0.1) is 14.1 Å². The molecule has 0 fully saturated rings. The summed E-state index contributed by atoms with van der Waals surface area (Å²) in [6.45, 7) is 6.37. The van der Waals surface area contributed by atoms with Crippen LogP contribution in [0.1, 0.15) is 12.5 Å². The number of rotatable bonds is 6. The second kappa shape index (κ2) is 7.43. The summed E-state index contributed by atoms with van der Waals surface area (Å²) >= 11 is 0. The number of halogens is 1. The van der Waals surface area contributed by atoms with Crippen molar-refractivity contribution < 1.29 is 26.8 Å². The van der Waals surface area contributed by atoms with Gasteiger partial charge < -0.3 is 22.0 Å². The summed E-state index contributed by atoms with van der Waals surface area (Å²) in [5.74, 6) is -0.269. The van der Waals surface area contributed by atoms with Gasteiger partial charge in [0.1, 0.15) is 13.1 Å². The van der Waals surface area contributed by atoms with Crippen molar-refractivity contribution in [3.05, 3.63) is 48.0 Å². The highest BCUT2D eigenvalue weighted by molar-refractivity contribution is 5.97. The molecule has 0 spiro atoms. The van der Waals surface area contributed by atoms with Gasteiger partial charge in [0.25, 0.3) is 0 Å². The van der Waals surface area contributed by atoms with Crippen LogP contribution in [0, 0.1) is 0 Å². The maximum atomic E-state index is 11.6. The Kier molecular flexibility index (Phi) is 6.98. The molecule has 4 heteroatoms. The normalized spacial score (nSPS) is 12.4. The number of carbonyl (C=O) groups is 1. The van der Waals surface area contributed by atoms with Gasteiger partial charge in [-0.3, -0.25) is 4.79 Å². The van der Waals surface area contributed by atoms with E-state index in [-0.39, 0.29) is 18.2 Å². The largest absolute Gasteiger partial charge is 1.00 e. The molecule has 1 N–H and O–H groups in total. The molecule has 0 saturated heterocycles. The zero-order valence-electron chi connectivity index (χ0n) is 11.8. The molecule has 0 aliphatic heterocycles. The van der Waals surface area contributed by atoms with E-state index in [4.69, 9.17) is 0 Å². The van der Waals surface area contributed by atoms with Crippen molar-refractivity contribution >= 4 is 5.78 Å². The van der Waals surface area contributed by atoms with Crippen LogP contribution in [0.5, 0.6) is 0 Å². The van der Waals surface area contributed by atoms with E-state index in [2.05, 4.69) is 6.58 Å². The first-order valence-electron chi connectivity index (χ1n) is 6.05. The van der Waals surface area contributed by atoms with E-state index in [1.165, 1.54) is 5.56 Å². The molecule has 0 aromatic heterocycles. The second-order valence-corrected chi connectivity index (χ2v) is 5.42. The van der Waals surface area contributed by atoms with Crippen LogP contribution in [0.3, 0.4) is 0 Å². The summed E-state index contributed by atoms with van der Waals surface area (Å²) in [4.78, 5) is 11.6. The van der Waals surface area contributed by atoms with Crippen molar-refractivity contribution in [1.82, 2.24) is 0 Å². The van der Waals surface area contributed by atoms with E-state index in [0.29, 0.717) is 16.6 Å². The molecule has 19 heavy (non-hydrogen) atoms. The number of nitrogens with zero attached hydrogens (tertiary/aromatic N) is 1. The molecule has 0 bridgehead atoms. The Labute approximate surface area is 121 Å². The van der Waals surface area contributed by atoms with Gasteiger partial charge in [-0.05, 0) is 12.5 Å². The maximum Gasteiger partial charge on any atom is 0.192 e. The molecular formula is C15H22ClNO2.